The van der Waals surface area contributed by atoms with Crippen LogP contribution in [0.25, 0.3) is 0 Å². The lowest BCUT2D eigenvalue weighted by molar-refractivity contribution is -0.143. The minimum absolute atomic E-state index is 0.117. The van der Waals surface area contributed by atoms with Crippen LogP contribution in [-0.2, 0) is 19.1 Å². The molecular weight excluding hydrogens is 440 g/mol. The van der Waals surface area contributed by atoms with Crippen molar-refractivity contribution in [1.82, 2.24) is 15.5 Å². The first kappa shape index (κ1) is 28.5. The number of nitrogens with two attached hydrogens (primary N) is 1. The Bertz CT molecular complexity index is 923. The highest BCUT2D eigenvalue weighted by atomic mass is 16.6. The number of hydrogen-bond donors (Lipinski definition) is 4. The fraction of sp³-hybridized carbons (Fsp3) is 0.500. The van der Waals surface area contributed by atoms with E-state index < -0.39 is 47.9 Å². The lowest BCUT2D eigenvalue weighted by Crippen LogP contribution is -2.54. The Hall–Kier alpha value is -3.56. The van der Waals surface area contributed by atoms with E-state index in [1.54, 1.807) is 53.7 Å². The maximum atomic E-state index is 13.6. The third-order valence-corrected chi connectivity index (χ3v) is 4.56. The maximum Gasteiger partial charge on any atom is 0.408 e. The van der Waals surface area contributed by atoms with Gasteiger partial charge in [-0.25, -0.2) is 4.79 Å². The molecule has 0 aliphatic carbocycles. The second-order valence-electron chi connectivity index (χ2n) is 9.23. The van der Waals surface area contributed by atoms with Crippen LogP contribution in [0, 0.1) is 6.92 Å². The molecule has 0 aliphatic rings. The van der Waals surface area contributed by atoms with Crippen LogP contribution in [-0.4, -0.2) is 58.1 Å². The van der Waals surface area contributed by atoms with Gasteiger partial charge < -0.3 is 31.1 Å². The van der Waals surface area contributed by atoms with Gasteiger partial charge in [0.1, 0.15) is 23.4 Å². The highest BCUT2D eigenvalue weighted by molar-refractivity contribution is 5.95. The molecule has 0 heterocycles. The first-order valence-corrected chi connectivity index (χ1v) is 11.0. The molecule has 0 saturated carbocycles. The molecule has 0 saturated heterocycles. The molecule has 0 fully saturated rings. The number of phenols is 1. The summed E-state index contributed by atoms with van der Waals surface area (Å²) in [4.78, 5) is 52.0. The normalized spacial score (nSPS) is 12.9. The number of nitrogens with one attached hydrogen (secondary N) is 2. The molecule has 0 aliphatic heterocycles. The predicted octanol–water partition coefficient (Wildman–Crippen LogP) is 2.05. The van der Waals surface area contributed by atoms with E-state index in [9.17, 15) is 24.3 Å². The molecule has 0 bridgehead atoms. The van der Waals surface area contributed by atoms with Crippen molar-refractivity contribution in [3.8, 4) is 5.75 Å². The van der Waals surface area contributed by atoms with Crippen LogP contribution >= 0.6 is 0 Å². The van der Waals surface area contributed by atoms with Crippen molar-refractivity contribution in [2.24, 2.45) is 5.73 Å². The summed E-state index contributed by atoms with van der Waals surface area (Å²) >= 11 is 0. The highest BCUT2D eigenvalue weighted by Gasteiger charge is 2.37. The zero-order chi connectivity index (χ0) is 26.2. The third kappa shape index (κ3) is 8.42. The number of rotatable bonds is 10. The number of alkyl carbamates (subject to hydrolysis) is 1. The number of ether oxygens (including phenoxy) is 1. The molecule has 2 atom stereocenters. The Morgan fingerprint density at radius 3 is 2.32 bits per heavy atom. The summed E-state index contributed by atoms with van der Waals surface area (Å²) < 4.78 is 5.21. The number of carbonyl (C=O) groups is 4. The van der Waals surface area contributed by atoms with E-state index >= 15 is 0 Å². The molecule has 4 amide bonds. The average molecular weight is 477 g/mol. The van der Waals surface area contributed by atoms with Gasteiger partial charge >= 0.3 is 6.09 Å². The molecule has 34 heavy (non-hydrogen) atoms. The SMILES string of the molecule is C=CCN(C(=O)C(CC(N)=O)NC(=O)OC(C)(C)C)C(C(=O)NC(C)C)c1cccc(C)c1O. The quantitative estimate of drug-likeness (QED) is 0.379. The zero-order valence-corrected chi connectivity index (χ0v) is 20.7. The van der Waals surface area contributed by atoms with Gasteiger partial charge in [-0.3, -0.25) is 14.4 Å². The Kier molecular flexibility index (Phi) is 10.1. The van der Waals surface area contributed by atoms with Gasteiger partial charge in [0.15, 0.2) is 0 Å². The summed E-state index contributed by atoms with van der Waals surface area (Å²) in [6.07, 6.45) is -0.0496. The van der Waals surface area contributed by atoms with Crippen molar-refractivity contribution in [1.29, 1.82) is 0 Å². The fourth-order valence-electron chi connectivity index (χ4n) is 3.23. The van der Waals surface area contributed by atoms with Crippen molar-refractivity contribution in [2.75, 3.05) is 6.54 Å². The van der Waals surface area contributed by atoms with E-state index in [-0.39, 0.29) is 23.9 Å². The first-order valence-electron chi connectivity index (χ1n) is 11.0. The van der Waals surface area contributed by atoms with Gasteiger partial charge in [-0.1, -0.05) is 24.3 Å². The summed E-state index contributed by atoms with van der Waals surface area (Å²) in [6, 6.07) is 1.90. The summed E-state index contributed by atoms with van der Waals surface area (Å²) in [6.45, 7) is 13.7. The molecule has 10 heteroatoms. The van der Waals surface area contributed by atoms with E-state index in [0.29, 0.717) is 5.56 Å². The van der Waals surface area contributed by atoms with Gasteiger partial charge in [-0.2, -0.15) is 0 Å². The number of amides is 4. The molecule has 5 N–H and O–H groups in total. The number of para-hydroxylation sites is 1. The van der Waals surface area contributed by atoms with Crippen molar-refractivity contribution < 1.29 is 29.0 Å². The van der Waals surface area contributed by atoms with Crippen molar-refractivity contribution >= 4 is 23.8 Å². The van der Waals surface area contributed by atoms with Crippen molar-refractivity contribution in [2.45, 2.75) is 71.7 Å². The van der Waals surface area contributed by atoms with Gasteiger partial charge in [0.05, 0.1) is 6.42 Å². The molecule has 1 aromatic carbocycles. The van der Waals surface area contributed by atoms with Gasteiger partial charge in [0.25, 0.3) is 0 Å². The number of aromatic hydroxyl groups is 1. The Labute approximate surface area is 200 Å². The van der Waals surface area contributed by atoms with Crippen molar-refractivity contribution in [3.05, 3.63) is 42.0 Å². The van der Waals surface area contributed by atoms with Gasteiger partial charge in [-0.15, -0.1) is 6.58 Å². The van der Waals surface area contributed by atoms with Crippen LogP contribution in [0.1, 0.15) is 58.2 Å². The number of nitrogens with zero attached hydrogens (tertiary/aromatic N) is 1. The number of carbonyl (C=O) groups excluding carboxylic acids is 4. The number of hydrogen-bond acceptors (Lipinski definition) is 6. The van der Waals surface area contributed by atoms with E-state index in [1.807, 2.05) is 0 Å². The van der Waals surface area contributed by atoms with Crippen LogP contribution in [0.15, 0.2) is 30.9 Å². The Morgan fingerprint density at radius 1 is 1.21 bits per heavy atom. The second kappa shape index (κ2) is 12.1. The standard InChI is InChI=1S/C24H36N4O6/c1-8-12-28(22(32)17(13-18(25)29)27-23(33)34-24(5,6)7)19(21(31)26-14(2)3)16-11-9-10-15(4)20(16)30/h8-11,14,17,19,30H,1,12-13H2,2-7H3,(H2,25,29)(H,26,31)(H,27,33). The van der Waals surface area contributed by atoms with E-state index in [1.165, 1.54) is 12.1 Å². The van der Waals surface area contributed by atoms with E-state index in [0.717, 1.165) is 4.90 Å². The van der Waals surface area contributed by atoms with Crippen molar-refractivity contribution in [3.63, 3.8) is 0 Å². The smallest absolute Gasteiger partial charge is 0.408 e. The summed E-state index contributed by atoms with van der Waals surface area (Å²) in [7, 11) is 0. The summed E-state index contributed by atoms with van der Waals surface area (Å²) in [5, 5.41) is 15.8. The molecule has 1 rings (SSSR count). The Morgan fingerprint density at radius 2 is 1.82 bits per heavy atom. The summed E-state index contributed by atoms with van der Waals surface area (Å²) in [5.41, 5.74) is 5.16. The van der Waals surface area contributed by atoms with Gasteiger partial charge in [0.2, 0.25) is 17.7 Å². The largest absolute Gasteiger partial charge is 0.507 e. The molecule has 0 spiro atoms. The van der Waals surface area contributed by atoms with Crippen LogP contribution in [0.3, 0.4) is 0 Å². The monoisotopic (exact) mass is 476 g/mol. The molecule has 0 aromatic heterocycles. The Balaban J connectivity index is 3.52. The van der Waals surface area contributed by atoms with Crippen LogP contribution in [0.5, 0.6) is 5.75 Å². The molecular formula is C24H36N4O6. The van der Waals surface area contributed by atoms with Crippen LogP contribution in [0.4, 0.5) is 4.79 Å². The lowest BCUT2D eigenvalue weighted by Gasteiger charge is -2.34. The van der Waals surface area contributed by atoms with E-state index in [2.05, 4.69) is 17.2 Å². The number of benzene rings is 1. The average Bonchev–Trinajstić information content (AvgIpc) is 2.67. The highest BCUT2D eigenvalue weighted by Crippen LogP contribution is 2.32. The number of primary amides is 1. The molecule has 1 aromatic rings. The fourth-order valence-corrected chi connectivity index (χ4v) is 3.23. The first-order chi connectivity index (χ1) is 15.7. The van der Waals surface area contributed by atoms with E-state index in [4.69, 9.17) is 10.5 Å². The molecule has 0 radical (unpaired) electrons. The van der Waals surface area contributed by atoms with Crippen LogP contribution < -0.4 is 16.4 Å². The van der Waals surface area contributed by atoms with Gasteiger partial charge in [0, 0.05) is 18.2 Å². The third-order valence-electron chi connectivity index (χ3n) is 4.56. The number of aryl methyl sites for hydroxylation is 1. The molecule has 188 valence electrons. The molecule has 10 nitrogen and oxygen atoms in total. The minimum atomic E-state index is -1.41. The minimum Gasteiger partial charge on any atom is -0.507 e. The predicted molar refractivity (Wildman–Crippen MR) is 128 cm³/mol. The lowest BCUT2D eigenvalue weighted by atomic mass is 9.98. The van der Waals surface area contributed by atoms with Crippen LogP contribution in [0.2, 0.25) is 0 Å². The topological polar surface area (TPSA) is 151 Å². The molecule has 2 unspecified atom stereocenters. The maximum absolute atomic E-state index is 13.6. The summed E-state index contributed by atoms with van der Waals surface area (Å²) in [5.74, 6) is -2.31. The second-order valence-corrected chi connectivity index (χ2v) is 9.23. The zero-order valence-electron chi connectivity index (χ0n) is 20.7. The number of phenolic OH excluding ortho intramolecular Hbond substituents is 1. The van der Waals surface area contributed by atoms with Gasteiger partial charge in [-0.05, 0) is 47.1 Å².